The molecule has 6 nitrogen and oxygen atoms in total. The van der Waals surface area contributed by atoms with Crippen LogP contribution in [-0.4, -0.2) is 21.6 Å². The molecule has 154 valence electrons. The number of para-hydroxylation sites is 2. The zero-order valence-electron chi connectivity index (χ0n) is 16.7. The van der Waals surface area contributed by atoms with E-state index in [1.54, 1.807) is 48.5 Å². The lowest BCUT2D eigenvalue weighted by Crippen LogP contribution is -2.16. The van der Waals surface area contributed by atoms with E-state index in [1.807, 2.05) is 25.1 Å². The van der Waals surface area contributed by atoms with E-state index in [9.17, 15) is 14.0 Å². The Morgan fingerprint density at radius 1 is 0.871 bits per heavy atom. The van der Waals surface area contributed by atoms with Gasteiger partial charge < -0.3 is 10.6 Å². The van der Waals surface area contributed by atoms with Gasteiger partial charge in [0.05, 0.1) is 0 Å². The number of anilines is 2. The van der Waals surface area contributed by atoms with Gasteiger partial charge in [-0.3, -0.25) is 9.59 Å². The van der Waals surface area contributed by atoms with Gasteiger partial charge in [-0.15, -0.1) is 0 Å². The Kier molecular flexibility index (Phi) is 5.57. The molecule has 7 heteroatoms. The van der Waals surface area contributed by atoms with E-state index >= 15 is 0 Å². The Labute approximate surface area is 178 Å². The van der Waals surface area contributed by atoms with Crippen LogP contribution in [-0.2, 0) is 0 Å². The molecule has 0 atom stereocenters. The lowest BCUT2D eigenvalue weighted by Gasteiger charge is -2.10. The molecule has 1 aromatic heterocycles. The monoisotopic (exact) mass is 414 g/mol. The number of rotatable bonds is 5. The van der Waals surface area contributed by atoms with Crippen molar-refractivity contribution < 1.29 is 14.0 Å². The first kappa shape index (κ1) is 20.0. The molecule has 0 radical (unpaired) electrons. The summed E-state index contributed by atoms with van der Waals surface area (Å²) in [6.07, 6.45) is 1.52. The molecule has 0 fully saturated rings. The number of amides is 2. The van der Waals surface area contributed by atoms with E-state index < -0.39 is 11.7 Å². The molecule has 3 aromatic carbocycles. The van der Waals surface area contributed by atoms with Crippen LogP contribution < -0.4 is 10.6 Å². The largest absolute Gasteiger partial charge is 0.322 e. The second kappa shape index (κ2) is 8.62. The van der Waals surface area contributed by atoms with Crippen molar-refractivity contribution in [3.63, 3.8) is 0 Å². The summed E-state index contributed by atoms with van der Waals surface area (Å²) in [5.41, 5.74) is 2.74. The van der Waals surface area contributed by atoms with Crippen LogP contribution in [0.2, 0.25) is 0 Å². The summed E-state index contributed by atoms with van der Waals surface area (Å²) < 4.78 is 15.3. The molecule has 4 aromatic rings. The Hall–Kier alpha value is -4.26. The molecule has 0 aliphatic carbocycles. The fourth-order valence-electron chi connectivity index (χ4n) is 3.03. The molecule has 0 saturated heterocycles. The number of benzene rings is 3. The highest BCUT2D eigenvalue weighted by Crippen LogP contribution is 2.20. The Balaban J connectivity index is 1.51. The summed E-state index contributed by atoms with van der Waals surface area (Å²) in [7, 11) is 0. The average molecular weight is 414 g/mol. The van der Waals surface area contributed by atoms with Crippen LogP contribution in [0.25, 0.3) is 5.69 Å². The van der Waals surface area contributed by atoms with Crippen molar-refractivity contribution in [2.75, 3.05) is 10.6 Å². The topological polar surface area (TPSA) is 76.0 Å². The van der Waals surface area contributed by atoms with E-state index in [4.69, 9.17) is 0 Å². The standard InChI is InChI=1S/C24H19FN4O2/c1-16-11-12-17(23(30)26-18-7-3-2-4-8-18)15-21(16)27-24(31)20-13-14-29(28-20)22-10-6-5-9-19(22)25/h2-15H,1H3,(H,26,30)(H,27,31). The number of nitrogens with one attached hydrogen (secondary N) is 2. The minimum absolute atomic E-state index is 0.127. The first-order valence-corrected chi connectivity index (χ1v) is 9.60. The van der Waals surface area contributed by atoms with Gasteiger partial charge in [0.25, 0.3) is 11.8 Å². The minimum atomic E-state index is -0.459. The zero-order valence-corrected chi connectivity index (χ0v) is 16.7. The van der Waals surface area contributed by atoms with Crippen LogP contribution >= 0.6 is 0 Å². The van der Waals surface area contributed by atoms with Crippen molar-refractivity contribution in [2.45, 2.75) is 6.92 Å². The van der Waals surface area contributed by atoms with E-state index in [-0.39, 0.29) is 17.3 Å². The van der Waals surface area contributed by atoms with Crippen molar-refractivity contribution in [1.82, 2.24) is 9.78 Å². The van der Waals surface area contributed by atoms with Crippen molar-refractivity contribution in [2.24, 2.45) is 0 Å². The third-order valence-electron chi connectivity index (χ3n) is 4.70. The van der Waals surface area contributed by atoms with Crippen molar-refractivity contribution >= 4 is 23.2 Å². The quantitative estimate of drug-likeness (QED) is 0.491. The summed E-state index contributed by atoms with van der Waals surface area (Å²) in [6.45, 7) is 1.83. The fraction of sp³-hybridized carbons (Fsp3) is 0.0417. The van der Waals surface area contributed by atoms with Crippen LogP contribution in [0.4, 0.5) is 15.8 Å². The molecule has 2 amide bonds. The normalized spacial score (nSPS) is 10.5. The summed E-state index contributed by atoms with van der Waals surface area (Å²) in [5, 5.41) is 9.76. The second-order valence-corrected chi connectivity index (χ2v) is 6.90. The van der Waals surface area contributed by atoms with Crippen molar-refractivity contribution in [3.05, 3.63) is 108 Å². The van der Waals surface area contributed by atoms with E-state index in [1.165, 1.54) is 23.0 Å². The predicted molar refractivity (Wildman–Crippen MR) is 117 cm³/mol. The summed E-state index contributed by atoms with van der Waals surface area (Å²) in [5.74, 6) is -1.19. The third kappa shape index (κ3) is 4.51. The highest BCUT2D eigenvalue weighted by atomic mass is 19.1. The van der Waals surface area contributed by atoms with Gasteiger partial charge in [-0.1, -0.05) is 36.4 Å². The lowest BCUT2D eigenvalue weighted by molar-refractivity contribution is 0.101. The third-order valence-corrected chi connectivity index (χ3v) is 4.70. The molecule has 4 rings (SSSR count). The first-order valence-electron chi connectivity index (χ1n) is 9.60. The van der Waals surface area contributed by atoms with Crippen molar-refractivity contribution in [1.29, 1.82) is 0 Å². The van der Waals surface area contributed by atoms with Gasteiger partial charge in [0.1, 0.15) is 11.5 Å². The molecule has 1 heterocycles. The molecule has 0 aliphatic rings. The number of aryl methyl sites for hydroxylation is 1. The maximum Gasteiger partial charge on any atom is 0.276 e. The minimum Gasteiger partial charge on any atom is -0.322 e. The van der Waals surface area contributed by atoms with Crippen LogP contribution in [0.1, 0.15) is 26.4 Å². The Morgan fingerprint density at radius 2 is 1.61 bits per heavy atom. The van der Waals surface area contributed by atoms with Gasteiger partial charge in [-0.2, -0.15) is 5.10 Å². The summed E-state index contributed by atoms with van der Waals surface area (Å²) >= 11 is 0. The molecule has 2 N–H and O–H groups in total. The van der Waals surface area contributed by atoms with E-state index in [0.29, 0.717) is 16.9 Å². The maximum absolute atomic E-state index is 14.0. The fourth-order valence-corrected chi connectivity index (χ4v) is 3.03. The number of hydrogen-bond acceptors (Lipinski definition) is 3. The highest BCUT2D eigenvalue weighted by molar-refractivity contribution is 6.07. The molecule has 0 spiro atoms. The zero-order chi connectivity index (χ0) is 21.8. The number of carbonyl (C=O) groups excluding carboxylic acids is 2. The van der Waals surface area contributed by atoms with E-state index in [0.717, 1.165) is 5.56 Å². The molecule has 31 heavy (non-hydrogen) atoms. The van der Waals surface area contributed by atoms with Crippen LogP contribution in [0, 0.1) is 12.7 Å². The number of halogens is 1. The second-order valence-electron chi connectivity index (χ2n) is 6.90. The summed E-state index contributed by atoms with van der Waals surface area (Å²) in [6, 6.07) is 21.8. The number of nitrogens with zero attached hydrogens (tertiary/aromatic N) is 2. The average Bonchev–Trinajstić information content (AvgIpc) is 3.26. The lowest BCUT2D eigenvalue weighted by atomic mass is 10.1. The van der Waals surface area contributed by atoms with Gasteiger partial charge in [0.2, 0.25) is 0 Å². The van der Waals surface area contributed by atoms with Gasteiger partial charge in [-0.05, 0) is 55.0 Å². The smallest absolute Gasteiger partial charge is 0.276 e. The predicted octanol–water partition coefficient (Wildman–Crippen LogP) is 4.82. The van der Waals surface area contributed by atoms with Crippen LogP contribution in [0.3, 0.4) is 0 Å². The number of hydrogen-bond donors (Lipinski definition) is 2. The van der Waals surface area contributed by atoms with Gasteiger partial charge in [0.15, 0.2) is 5.69 Å². The Bertz CT molecular complexity index is 1250. The van der Waals surface area contributed by atoms with Gasteiger partial charge in [-0.25, -0.2) is 9.07 Å². The first-order chi connectivity index (χ1) is 15.0. The highest BCUT2D eigenvalue weighted by Gasteiger charge is 2.15. The molecular weight excluding hydrogens is 395 g/mol. The van der Waals surface area contributed by atoms with Crippen LogP contribution in [0.5, 0.6) is 0 Å². The Morgan fingerprint density at radius 3 is 2.39 bits per heavy atom. The molecule has 0 aliphatic heterocycles. The number of carbonyl (C=O) groups is 2. The van der Waals surface area contributed by atoms with E-state index in [2.05, 4.69) is 15.7 Å². The van der Waals surface area contributed by atoms with Gasteiger partial charge >= 0.3 is 0 Å². The van der Waals surface area contributed by atoms with Crippen molar-refractivity contribution in [3.8, 4) is 5.69 Å². The van der Waals surface area contributed by atoms with Crippen LogP contribution in [0.15, 0.2) is 85.1 Å². The summed E-state index contributed by atoms with van der Waals surface area (Å²) in [4.78, 5) is 25.2. The SMILES string of the molecule is Cc1ccc(C(=O)Nc2ccccc2)cc1NC(=O)c1ccn(-c2ccccc2F)n1. The maximum atomic E-state index is 14.0. The molecule has 0 unspecified atom stereocenters. The number of aromatic nitrogens is 2. The van der Waals surface area contributed by atoms with Gasteiger partial charge in [0, 0.05) is 23.1 Å². The molecule has 0 bridgehead atoms. The molecular formula is C24H19FN4O2. The molecule has 0 saturated carbocycles.